The Labute approximate surface area is 269 Å². The fourth-order valence-corrected chi connectivity index (χ4v) is 4.77. The number of aliphatic carboxylic acids is 1. The van der Waals surface area contributed by atoms with E-state index in [4.69, 9.17) is 25.4 Å². The van der Waals surface area contributed by atoms with Crippen LogP contribution in [0.5, 0.6) is 0 Å². The summed E-state index contributed by atoms with van der Waals surface area (Å²) in [5, 5.41) is 56.6. The van der Waals surface area contributed by atoms with E-state index >= 15 is 0 Å². The molecule has 1 saturated heterocycles. The number of H-pyrrole nitrogens is 1. The van der Waals surface area contributed by atoms with Crippen LogP contribution in [0.1, 0.15) is 12.0 Å². The Kier molecular flexibility index (Phi) is 14.5. The van der Waals surface area contributed by atoms with Crippen LogP contribution in [0.15, 0.2) is 47.4 Å². The molecule has 0 radical (unpaired) electrons. The summed E-state index contributed by atoms with van der Waals surface area (Å²) < 4.78 is 21.5. The van der Waals surface area contributed by atoms with Gasteiger partial charge >= 0.3 is 5.97 Å². The van der Waals surface area contributed by atoms with Crippen LogP contribution in [-0.4, -0.2) is 131 Å². The number of carboxylic acid groups (broad SMARTS) is 1. The van der Waals surface area contributed by atoms with Crippen LogP contribution < -0.4 is 16.2 Å². The monoisotopic (exact) mass is 661 g/mol. The Morgan fingerprint density at radius 2 is 1.72 bits per heavy atom. The lowest BCUT2D eigenvalue weighted by atomic mass is 9.88. The molecule has 6 atom stereocenters. The van der Waals surface area contributed by atoms with Crippen LogP contribution in [0.4, 0.5) is 0 Å². The number of carbonyl (C=O) groups is 3. The Morgan fingerprint density at radius 3 is 2.36 bits per heavy atom. The molecule has 2 amide bonds. The summed E-state index contributed by atoms with van der Waals surface area (Å²) in [7, 11) is 0. The molecule has 0 unspecified atom stereocenters. The Balaban J connectivity index is 1.62. The first-order valence-electron chi connectivity index (χ1n) is 14.6. The predicted octanol–water partition coefficient (Wildman–Crippen LogP) is -2.49. The van der Waals surface area contributed by atoms with E-state index in [0.717, 1.165) is 11.1 Å². The van der Waals surface area contributed by atoms with Crippen LogP contribution in [0, 0.1) is 12.3 Å². The fraction of sp³-hybridized carbons (Fsp3) is 0.484. The number of nitrogens with one attached hydrogen (secondary N) is 3. The van der Waals surface area contributed by atoms with Crippen molar-refractivity contribution in [2.75, 3.05) is 46.2 Å². The number of aromatic amines is 1. The second-order valence-corrected chi connectivity index (χ2v) is 10.6. The standard InChI is InChI=1S/C31H39N3O13/c1-2-9-44-10-11-45-12-13-46-31(30(42)43)15-22(36)27(34-26(40)18-35)29(47-31)28(41)23(37)17-33-25(39)14-19-3-5-20(6-4-19)21-7-8-24(38)32-16-21/h1,3-8,16,22-23,27-29,35-37,41H,9-15,17-18H2,(H,32,38)(H,33,39)(H,34,40)(H,42,43)/t22-,23+,27+,28+,29+,31+/m0/s1. The maximum atomic E-state index is 12.6. The lowest BCUT2D eigenvalue weighted by Crippen LogP contribution is -2.68. The number of carbonyl (C=O) groups excluding carboxylic acids is 2. The number of carboxylic acids is 1. The van der Waals surface area contributed by atoms with Gasteiger partial charge in [-0.15, -0.1) is 6.42 Å². The molecule has 2 heterocycles. The van der Waals surface area contributed by atoms with Crippen LogP contribution >= 0.6 is 0 Å². The number of rotatable bonds is 18. The van der Waals surface area contributed by atoms with Gasteiger partial charge in [0.15, 0.2) is 0 Å². The average molecular weight is 662 g/mol. The van der Waals surface area contributed by atoms with Crippen molar-refractivity contribution in [2.24, 2.45) is 0 Å². The summed E-state index contributed by atoms with van der Waals surface area (Å²) in [5.74, 6) is -3.37. The number of amides is 2. The average Bonchev–Trinajstić information content (AvgIpc) is 3.06. The molecule has 0 saturated carbocycles. The topological polar surface area (TPSA) is 246 Å². The van der Waals surface area contributed by atoms with Crippen LogP contribution in [0.25, 0.3) is 11.1 Å². The molecule has 1 aromatic carbocycles. The van der Waals surface area contributed by atoms with E-state index < -0.39 is 73.6 Å². The number of hydrogen-bond acceptors (Lipinski definition) is 12. The Bertz CT molecular complexity index is 1410. The van der Waals surface area contributed by atoms with Gasteiger partial charge < -0.3 is 60.1 Å². The quantitative estimate of drug-likeness (QED) is 0.0610. The maximum absolute atomic E-state index is 12.6. The lowest BCUT2D eigenvalue weighted by molar-refractivity contribution is -0.312. The molecular weight excluding hydrogens is 622 g/mol. The molecule has 1 aliphatic rings. The molecule has 256 valence electrons. The van der Waals surface area contributed by atoms with E-state index in [1.165, 1.54) is 6.07 Å². The Hall–Kier alpha value is -4.18. The molecule has 1 aromatic heterocycles. The highest BCUT2D eigenvalue weighted by molar-refractivity contribution is 5.79. The lowest BCUT2D eigenvalue weighted by Gasteiger charge is -2.46. The minimum atomic E-state index is -2.51. The second kappa shape index (κ2) is 18.2. The van der Waals surface area contributed by atoms with Crippen molar-refractivity contribution in [2.45, 2.75) is 49.1 Å². The molecule has 47 heavy (non-hydrogen) atoms. The number of aliphatic hydroxyl groups is 4. The third kappa shape index (κ3) is 10.9. The van der Waals surface area contributed by atoms with Crippen molar-refractivity contribution in [1.82, 2.24) is 15.6 Å². The summed E-state index contributed by atoms with van der Waals surface area (Å²) in [4.78, 5) is 50.8. The van der Waals surface area contributed by atoms with E-state index in [9.17, 15) is 44.7 Å². The number of terminal acetylenes is 1. The molecule has 1 fully saturated rings. The van der Waals surface area contributed by atoms with Gasteiger partial charge in [0, 0.05) is 25.2 Å². The molecule has 3 rings (SSSR count). The molecule has 1 aliphatic heterocycles. The SMILES string of the molecule is C#CCOCCOCCO[C@]1(C(=O)O)C[C@H](O)[C@@H](NC(=O)CO)[C@H]([C@H](O)[C@H](O)CNC(=O)Cc2ccc(-c3ccc(=O)[nH]c3)cc2)O1. The summed E-state index contributed by atoms with van der Waals surface area (Å²) in [6.07, 6.45) is -1.29. The van der Waals surface area contributed by atoms with Crippen molar-refractivity contribution in [3.8, 4) is 23.5 Å². The minimum absolute atomic E-state index is 0.0867. The smallest absolute Gasteiger partial charge is 0.364 e. The fourth-order valence-electron chi connectivity index (χ4n) is 4.77. The largest absolute Gasteiger partial charge is 0.477 e. The van der Waals surface area contributed by atoms with Gasteiger partial charge in [-0.05, 0) is 22.8 Å². The first-order valence-corrected chi connectivity index (χ1v) is 14.6. The number of hydrogen-bond donors (Lipinski definition) is 8. The third-order valence-corrected chi connectivity index (χ3v) is 7.17. The zero-order valence-corrected chi connectivity index (χ0v) is 25.4. The van der Waals surface area contributed by atoms with E-state index in [1.54, 1.807) is 36.5 Å². The molecular formula is C31H39N3O13. The van der Waals surface area contributed by atoms with Crippen molar-refractivity contribution in [3.05, 3.63) is 58.5 Å². The molecule has 16 heteroatoms. The number of aliphatic hydroxyl groups excluding tert-OH is 4. The van der Waals surface area contributed by atoms with E-state index in [-0.39, 0.29) is 45.0 Å². The highest BCUT2D eigenvalue weighted by atomic mass is 16.7. The number of ether oxygens (including phenoxy) is 4. The molecule has 0 bridgehead atoms. The Morgan fingerprint density at radius 1 is 1.04 bits per heavy atom. The zero-order valence-electron chi connectivity index (χ0n) is 25.4. The molecule has 16 nitrogen and oxygen atoms in total. The van der Waals surface area contributed by atoms with Crippen molar-refractivity contribution >= 4 is 17.8 Å². The van der Waals surface area contributed by atoms with Crippen molar-refractivity contribution < 1.29 is 58.9 Å². The van der Waals surface area contributed by atoms with Crippen LogP contribution in [0.2, 0.25) is 0 Å². The third-order valence-electron chi connectivity index (χ3n) is 7.17. The first-order chi connectivity index (χ1) is 22.5. The summed E-state index contributed by atoms with van der Waals surface area (Å²) in [6, 6.07) is 8.52. The van der Waals surface area contributed by atoms with Gasteiger partial charge in [0.25, 0.3) is 5.79 Å². The minimum Gasteiger partial charge on any atom is -0.477 e. The highest BCUT2D eigenvalue weighted by Crippen LogP contribution is 2.33. The highest BCUT2D eigenvalue weighted by Gasteiger charge is 2.55. The van der Waals surface area contributed by atoms with Crippen LogP contribution in [-0.2, 0) is 39.8 Å². The van der Waals surface area contributed by atoms with Crippen molar-refractivity contribution in [1.29, 1.82) is 0 Å². The molecule has 0 aliphatic carbocycles. The molecule has 8 N–H and O–H groups in total. The maximum Gasteiger partial charge on any atom is 0.364 e. The van der Waals surface area contributed by atoms with Gasteiger partial charge in [0.1, 0.15) is 25.4 Å². The summed E-state index contributed by atoms with van der Waals surface area (Å²) >= 11 is 0. The van der Waals surface area contributed by atoms with E-state index in [1.807, 2.05) is 0 Å². The van der Waals surface area contributed by atoms with E-state index in [0.29, 0.717) is 5.56 Å². The van der Waals surface area contributed by atoms with Gasteiger partial charge in [0.2, 0.25) is 17.4 Å². The molecule has 0 spiro atoms. The number of pyridine rings is 1. The molecule has 2 aromatic rings. The van der Waals surface area contributed by atoms with Gasteiger partial charge in [-0.3, -0.25) is 14.4 Å². The van der Waals surface area contributed by atoms with E-state index in [2.05, 4.69) is 21.5 Å². The summed E-state index contributed by atoms with van der Waals surface area (Å²) in [6.45, 7) is -1.52. The first kappa shape index (κ1) is 37.3. The number of aromatic nitrogens is 1. The van der Waals surface area contributed by atoms with Gasteiger partial charge in [0.05, 0.1) is 51.1 Å². The van der Waals surface area contributed by atoms with Gasteiger partial charge in [-0.25, -0.2) is 4.79 Å². The van der Waals surface area contributed by atoms with Gasteiger partial charge in [-0.1, -0.05) is 30.2 Å². The van der Waals surface area contributed by atoms with Crippen LogP contribution in [0.3, 0.4) is 0 Å². The number of benzene rings is 1. The van der Waals surface area contributed by atoms with Gasteiger partial charge in [-0.2, -0.15) is 0 Å². The van der Waals surface area contributed by atoms with Crippen molar-refractivity contribution in [3.63, 3.8) is 0 Å². The zero-order chi connectivity index (χ0) is 34.4. The normalized spacial score (nSPS) is 22.1. The second-order valence-electron chi connectivity index (χ2n) is 10.6. The summed E-state index contributed by atoms with van der Waals surface area (Å²) in [5.41, 5.74) is 1.97. The predicted molar refractivity (Wildman–Crippen MR) is 163 cm³/mol.